The number of carbonyl (C=O) groups excluding carboxylic acids is 1. The lowest BCUT2D eigenvalue weighted by Crippen LogP contribution is -2.59. The van der Waals surface area contributed by atoms with Gasteiger partial charge in [0.15, 0.2) is 18.1 Å². The molecule has 0 bridgehead atoms. The highest BCUT2D eigenvalue weighted by atomic mass is 35.5. The van der Waals surface area contributed by atoms with Crippen molar-refractivity contribution >= 4 is 50.1 Å². The van der Waals surface area contributed by atoms with Crippen LogP contribution in [0.15, 0.2) is 34.3 Å². The summed E-state index contributed by atoms with van der Waals surface area (Å²) in [5.74, 6) is -0.329. The van der Waals surface area contributed by atoms with Crippen LogP contribution in [-0.2, 0) is 24.3 Å². The van der Waals surface area contributed by atoms with E-state index in [9.17, 15) is 13.2 Å². The van der Waals surface area contributed by atoms with Crippen LogP contribution in [0.1, 0.15) is 44.9 Å². The van der Waals surface area contributed by atoms with Crippen LogP contribution < -0.4 is 11.5 Å². The van der Waals surface area contributed by atoms with Gasteiger partial charge < -0.3 is 25.8 Å². The molecule has 4 N–H and O–H groups in total. The average Bonchev–Trinajstić information content (AvgIpc) is 3.38. The summed E-state index contributed by atoms with van der Waals surface area (Å²) in [6.07, 6.45) is 6.06. The molecule has 4 rings (SSSR count). The van der Waals surface area contributed by atoms with Crippen molar-refractivity contribution in [1.82, 2.24) is 14.2 Å². The van der Waals surface area contributed by atoms with E-state index >= 15 is 0 Å². The van der Waals surface area contributed by atoms with Crippen LogP contribution in [0.2, 0.25) is 5.02 Å². The van der Waals surface area contributed by atoms with Crippen LogP contribution in [-0.4, -0.2) is 80.2 Å². The molecule has 2 aliphatic rings. The van der Waals surface area contributed by atoms with Gasteiger partial charge in [-0.2, -0.15) is 9.30 Å². The van der Waals surface area contributed by atoms with Crippen LogP contribution in [0.3, 0.4) is 0 Å². The molecule has 1 amide bonds. The molecular weight excluding hydrogens is 532 g/mol. The Labute approximate surface area is 228 Å². The molecule has 1 aromatic carbocycles. The molecule has 0 spiro atoms. The molecule has 1 saturated carbocycles. The number of aliphatic imine (C=N–C) groups is 1. The number of nitrogens with zero attached hydrogens (tertiary/aromatic N) is 4. The topological polar surface area (TPSA) is 153 Å². The summed E-state index contributed by atoms with van der Waals surface area (Å²) < 4.78 is 41.5. The van der Waals surface area contributed by atoms with E-state index in [4.69, 9.17) is 32.5 Å². The number of sulfonamides is 1. The van der Waals surface area contributed by atoms with Crippen LogP contribution in [0.25, 0.3) is 10.8 Å². The number of hydrogen-bond donors (Lipinski definition) is 2. The maximum Gasteiger partial charge on any atom is 0.244 e. The number of rotatable bonds is 9. The van der Waals surface area contributed by atoms with Crippen molar-refractivity contribution in [2.45, 2.75) is 61.7 Å². The molecule has 13 heteroatoms. The number of amides is 1. The Hall–Kier alpha value is -2.51. The Balaban J connectivity index is 1.78. The zero-order valence-corrected chi connectivity index (χ0v) is 23.3. The molecule has 2 fully saturated rings. The van der Waals surface area contributed by atoms with Gasteiger partial charge in [-0.25, -0.2) is 13.4 Å². The summed E-state index contributed by atoms with van der Waals surface area (Å²) in [6, 6.07) is 4.52. The summed E-state index contributed by atoms with van der Waals surface area (Å²) in [5, 5.41) is 1.24. The number of aromatic nitrogens is 1. The van der Waals surface area contributed by atoms with E-state index in [1.807, 2.05) is 0 Å². The molecule has 1 aliphatic heterocycles. The van der Waals surface area contributed by atoms with E-state index < -0.39 is 15.6 Å². The normalized spacial score (nSPS) is 19.5. The third-order valence-electron chi connectivity index (χ3n) is 7.06. The summed E-state index contributed by atoms with van der Waals surface area (Å²) >= 11 is 6.33. The third-order valence-corrected chi connectivity index (χ3v) is 9.32. The first-order valence-electron chi connectivity index (χ1n) is 12.7. The fraction of sp³-hybridized carbons (Fsp3) is 0.560. The molecular formula is C25H35ClN6O5S. The van der Waals surface area contributed by atoms with Gasteiger partial charge in [0.25, 0.3) is 0 Å². The standard InChI is InChI=1S/C25H35ClN6O5S/c1-31(2)23(33)25(10-4-5-11-25)32(12-14-37-21-7-3-6-13-36-21)38(34,35)17-8-9-18-19(15-17)22(30-24(27)28)29-16-20(18)26/h8-9,15-16,21H,3-7,10-14H2,1-2H3,(H4,27,28,29,30). The summed E-state index contributed by atoms with van der Waals surface area (Å²) in [4.78, 5) is 23.2. The molecule has 1 aromatic heterocycles. The quantitative estimate of drug-likeness (QED) is 0.347. The lowest BCUT2D eigenvalue weighted by Gasteiger charge is -2.40. The molecule has 1 atom stereocenters. The molecule has 1 aliphatic carbocycles. The average molecular weight is 567 g/mol. The summed E-state index contributed by atoms with van der Waals surface area (Å²) in [6.45, 7) is 0.697. The monoisotopic (exact) mass is 566 g/mol. The summed E-state index contributed by atoms with van der Waals surface area (Å²) in [7, 11) is -0.904. The Morgan fingerprint density at radius 2 is 1.95 bits per heavy atom. The van der Waals surface area contributed by atoms with Crippen molar-refractivity contribution in [2.75, 3.05) is 33.9 Å². The van der Waals surface area contributed by atoms with Crippen molar-refractivity contribution in [3.8, 4) is 0 Å². The second kappa shape index (κ2) is 11.7. The zero-order chi connectivity index (χ0) is 27.5. The Bertz CT molecular complexity index is 1300. The van der Waals surface area contributed by atoms with Gasteiger partial charge in [0.1, 0.15) is 5.54 Å². The molecule has 11 nitrogen and oxygen atoms in total. The lowest BCUT2D eigenvalue weighted by molar-refractivity contribution is -0.165. The van der Waals surface area contributed by atoms with E-state index in [2.05, 4.69) is 9.98 Å². The van der Waals surface area contributed by atoms with Gasteiger partial charge in [-0.15, -0.1) is 0 Å². The highest BCUT2D eigenvalue weighted by Crippen LogP contribution is 2.41. The van der Waals surface area contributed by atoms with Gasteiger partial charge in [-0.1, -0.05) is 30.5 Å². The van der Waals surface area contributed by atoms with Crippen molar-refractivity contribution < 1.29 is 22.7 Å². The van der Waals surface area contributed by atoms with Gasteiger partial charge in [0.05, 0.1) is 16.5 Å². The highest BCUT2D eigenvalue weighted by molar-refractivity contribution is 7.89. The number of fused-ring (bicyclic) bond motifs is 1. The summed E-state index contributed by atoms with van der Waals surface area (Å²) in [5.41, 5.74) is 9.91. The number of ether oxygens (including phenoxy) is 2. The Morgan fingerprint density at radius 1 is 1.21 bits per heavy atom. The molecule has 2 aromatic rings. The predicted octanol–water partition coefficient (Wildman–Crippen LogP) is 2.73. The number of carbonyl (C=O) groups is 1. The molecule has 0 radical (unpaired) electrons. The maximum absolute atomic E-state index is 14.3. The molecule has 208 valence electrons. The Kier molecular flexibility index (Phi) is 8.78. The number of likely N-dealkylation sites (N-methyl/N-ethyl adjacent to an activating group) is 1. The van der Waals surface area contributed by atoms with Gasteiger partial charge in [-0.05, 0) is 44.2 Å². The van der Waals surface area contributed by atoms with Crippen LogP contribution in [0, 0.1) is 0 Å². The van der Waals surface area contributed by atoms with Crippen molar-refractivity contribution in [2.24, 2.45) is 16.5 Å². The minimum absolute atomic E-state index is 0.00559. The first-order chi connectivity index (χ1) is 18.1. The molecule has 2 heterocycles. The highest BCUT2D eigenvalue weighted by Gasteiger charge is 2.52. The first-order valence-corrected chi connectivity index (χ1v) is 14.5. The lowest BCUT2D eigenvalue weighted by atomic mass is 9.95. The van der Waals surface area contributed by atoms with Crippen molar-refractivity contribution in [1.29, 1.82) is 0 Å². The predicted molar refractivity (Wildman–Crippen MR) is 146 cm³/mol. The fourth-order valence-electron chi connectivity index (χ4n) is 5.29. The van der Waals surface area contributed by atoms with E-state index in [1.54, 1.807) is 20.2 Å². The minimum Gasteiger partial charge on any atom is -0.370 e. The van der Waals surface area contributed by atoms with E-state index in [-0.39, 0.29) is 42.0 Å². The number of pyridine rings is 1. The largest absolute Gasteiger partial charge is 0.370 e. The van der Waals surface area contributed by atoms with Gasteiger partial charge in [0, 0.05) is 44.2 Å². The van der Waals surface area contributed by atoms with E-state index in [0.29, 0.717) is 35.2 Å². The zero-order valence-electron chi connectivity index (χ0n) is 21.7. The number of hydrogen-bond acceptors (Lipinski definition) is 7. The number of nitrogens with two attached hydrogens (primary N) is 2. The maximum atomic E-state index is 14.3. The van der Waals surface area contributed by atoms with E-state index in [0.717, 1.165) is 32.1 Å². The third kappa shape index (κ3) is 5.74. The number of guanidine groups is 1. The fourth-order valence-corrected chi connectivity index (χ4v) is 7.30. The molecule has 1 unspecified atom stereocenters. The van der Waals surface area contributed by atoms with Gasteiger partial charge in [0.2, 0.25) is 15.9 Å². The van der Waals surface area contributed by atoms with Gasteiger partial charge >= 0.3 is 0 Å². The number of benzene rings is 1. The first kappa shape index (κ1) is 28.5. The molecule has 1 saturated heterocycles. The second-order valence-electron chi connectivity index (χ2n) is 9.86. The smallest absolute Gasteiger partial charge is 0.244 e. The SMILES string of the molecule is CN(C)C(=O)C1(N(CCOC2CCCCO2)S(=O)(=O)c2ccc3c(Cl)cnc(N=C(N)N)c3c2)CCCC1. The van der Waals surface area contributed by atoms with E-state index in [1.165, 1.54) is 27.5 Å². The second-order valence-corrected chi connectivity index (χ2v) is 12.1. The van der Waals surface area contributed by atoms with Crippen LogP contribution in [0.4, 0.5) is 5.82 Å². The van der Waals surface area contributed by atoms with Crippen LogP contribution >= 0.6 is 11.6 Å². The van der Waals surface area contributed by atoms with Gasteiger partial charge in [-0.3, -0.25) is 4.79 Å². The molecule has 38 heavy (non-hydrogen) atoms. The van der Waals surface area contributed by atoms with Crippen LogP contribution in [0.5, 0.6) is 0 Å². The van der Waals surface area contributed by atoms with Crippen molar-refractivity contribution in [3.63, 3.8) is 0 Å². The minimum atomic E-state index is -4.19. The van der Waals surface area contributed by atoms with Crippen molar-refractivity contribution in [3.05, 3.63) is 29.4 Å². The number of halogens is 1. The Morgan fingerprint density at radius 3 is 2.58 bits per heavy atom.